The smallest absolute Gasteiger partial charge is 0.243 e. The van der Waals surface area contributed by atoms with Gasteiger partial charge in [-0.05, 0) is 54.1 Å². The van der Waals surface area contributed by atoms with Crippen LogP contribution in [0.5, 0.6) is 0 Å². The van der Waals surface area contributed by atoms with Crippen molar-refractivity contribution in [1.82, 2.24) is 31.9 Å². The molecule has 9 N–H and O–H groups in total. The number of benzene rings is 2. The van der Waals surface area contributed by atoms with Crippen LogP contribution in [0.3, 0.4) is 0 Å². The predicted octanol–water partition coefficient (Wildman–Crippen LogP) is 2.12. The lowest BCUT2D eigenvalue weighted by molar-refractivity contribution is -0.133. The highest BCUT2D eigenvalue weighted by atomic mass is 16.3. The molecule has 0 saturated carbocycles. The van der Waals surface area contributed by atoms with Crippen molar-refractivity contribution in [3.05, 3.63) is 71.8 Å². The lowest BCUT2D eigenvalue weighted by Crippen LogP contribution is -2.60. The lowest BCUT2D eigenvalue weighted by atomic mass is 9.95. The van der Waals surface area contributed by atoms with Gasteiger partial charge in [-0.25, -0.2) is 0 Å². The average molecular weight is 794 g/mol. The Balaban J connectivity index is 2.38. The van der Waals surface area contributed by atoms with Crippen LogP contribution >= 0.6 is 0 Å². The molecule has 0 aliphatic heterocycles. The molecule has 2 rings (SSSR count). The summed E-state index contributed by atoms with van der Waals surface area (Å²) in [5.41, 5.74) is 7.23. The van der Waals surface area contributed by atoms with Gasteiger partial charge in [0, 0.05) is 13.5 Å². The molecule has 0 radical (unpaired) electrons. The van der Waals surface area contributed by atoms with E-state index in [1.165, 1.54) is 6.92 Å². The number of nitrogens with one attached hydrogen (secondary N) is 6. The first-order valence-corrected chi connectivity index (χ1v) is 20.1. The third-order valence-corrected chi connectivity index (χ3v) is 9.98. The number of carbonyl (C=O) groups is 6. The van der Waals surface area contributed by atoms with Gasteiger partial charge in [-0.3, -0.25) is 28.8 Å². The molecule has 6 amide bonds. The second-order valence-corrected chi connectivity index (χ2v) is 16.1. The molecule has 0 aliphatic rings. The third-order valence-electron chi connectivity index (χ3n) is 9.98. The van der Waals surface area contributed by atoms with E-state index in [-0.39, 0.29) is 49.0 Å². The summed E-state index contributed by atoms with van der Waals surface area (Å²) in [6.07, 6.45) is 0.172. The third kappa shape index (κ3) is 16.7. The maximum atomic E-state index is 14.1. The Morgan fingerprint density at radius 2 is 1.09 bits per heavy atom. The van der Waals surface area contributed by atoms with Crippen LogP contribution in [0.2, 0.25) is 0 Å². The zero-order chi connectivity index (χ0) is 42.8. The van der Waals surface area contributed by atoms with E-state index < -0.39 is 71.9 Å². The predicted molar refractivity (Wildman–Crippen MR) is 221 cm³/mol. The number of nitrogens with two attached hydrogens (primary N) is 1. The first-order chi connectivity index (χ1) is 26.8. The fourth-order valence-electron chi connectivity index (χ4n) is 6.44. The summed E-state index contributed by atoms with van der Waals surface area (Å²) in [4.78, 5) is 78.9. The Morgan fingerprint density at radius 3 is 1.56 bits per heavy atom. The Hall–Kier alpha value is -4.82. The summed E-state index contributed by atoms with van der Waals surface area (Å²) in [5, 5.41) is 29.0. The van der Waals surface area contributed by atoms with E-state index >= 15 is 0 Å². The maximum Gasteiger partial charge on any atom is 0.243 e. The van der Waals surface area contributed by atoms with Crippen LogP contribution < -0.4 is 37.6 Å². The van der Waals surface area contributed by atoms with Gasteiger partial charge in [-0.2, -0.15) is 0 Å². The van der Waals surface area contributed by atoms with Gasteiger partial charge < -0.3 is 42.7 Å². The Morgan fingerprint density at radius 1 is 0.614 bits per heavy atom. The highest BCUT2D eigenvalue weighted by molar-refractivity contribution is 5.93. The SMILES string of the molecule is CCC(C)[C@H](NC(=O)[C@H](Cc1ccccc1)NC[C@H](O)[C@H](Cc1ccccc1)NC(=O)[C@@H](NC(=O)[C@H](CC(C)C)NC(C)=O)C(C)C)C(=O)N[C@H](C(N)=O)C(C)C. The lowest BCUT2D eigenvalue weighted by Gasteiger charge is -2.31. The van der Waals surface area contributed by atoms with Gasteiger partial charge >= 0.3 is 0 Å². The molecule has 0 aliphatic carbocycles. The molecule has 0 fully saturated rings. The van der Waals surface area contributed by atoms with E-state index in [0.29, 0.717) is 12.8 Å². The van der Waals surface area contributed by atoms with Crippen molar-refractivity contribution >= 4 is 35.4 Å². The Kier molecular flexibility index (Phi) is 20.4. The fraction of sp³-hybridized carbons (Fsp3) is 0.581. The number of hydrogen-bond acceptors (Lipinski definition) is 8. The molecule has 2 aromatic carbocycles. The monoisotopic (exact) mass is 794 g/mol. The number of primary amides is 1. The van der Waals surface area contributed by atoms with Crippen molar-refractivity contribution in [2.24, 2.45) is 29.4 Å². The van der Waals surface area contributed by atoms with E-state index in [1.54, 1.807) is 27.7 Å². The van der Waals surface area contributed by atoms with E-state index in [0.717, 1.165) is 11.1 Å². The zero-order valence-corrected chi connectivity index (χ0v) is 35.1. The van der Waals surface area contributed by atoms with Crippen LogP contribution in [0.1, 0.15) is 86.3 Å². The average Bonchev–Trinajstić information content (AvgIpc) is 3.15. The minimum atomic E-state index is -1.21. The molecule has 14 nitrogen and oxygen atoms in total. The Labute approximate surface area is 338 Å². The highest BCUT2D eigenvalue weighted by Crippen LogP contribution is 2.14. The van der Waals surface area contributed by atoms with Crippen molar-refractivity contribution in [1.29, 1.82) is 0 Å². The molecular formula is C43H67N7O7. The van der Waals surface area contributed by atoms with Crippen LogP contribution in [-0.4, -0.2) is 89.4 Å². The fourth-order valence-corrected chi connectivity index (χ4v) is 6.44. The summed E-state index contributed by atoms with van der Waals surface area (Å²) in [6.45, 7) is 15.9. The normalized spacial score (nSPS) is 15.7. The molecular weight excluding hydrogens is 727 g/mol. The number of carbonyl (C=O) groups excluding carboxylic acids is 6. The number of amides is 6. The largest absolute Gasteiger partial charge is 0.390 e. The first-order valence-electron chi connectivity index (χ1n) is 20.1. The second-order valence-electron chi connectivity index (χ2n) is 16.1. The number of hydrogen-bond donors (Lipinski definition) is 8. The van der Waals surface area contributed by atoms with Crippen LogP contribution in [0.15, 0.2) is 60.7 Å². The minimum absolute atomic E-state index is 0.0989. The standard InChI is InChI=1S/C43H67N7O7/c1-10-28(8)38(43(57)48-36(26(4)5)39(44)53)50-40(54)33(23-31-19-15-12-16-20-31)45-24-35(52)32(22-30-17-13-11-14-18-30)47-42(56)37(27(6)7)49-41(55)34(21-25(2)3)46-29(9)51/h11-20,25-28,32-38,45,52H,10,21-24H2,1-9H3,(H2,44,53)(H,46,51)(H,47,56)(H,48,57)(H,49,55)(H,50,54)/t28?,32-,33-,34-,35-,36-,37-,38-/m0/s1. The molecule has 0 bridgehead atoms. The second kappa shape index (κ2) is 24.1. The van der Waals surface area contributed by atoms with Gasteiger partial charge in [0.15, 0.2) is 0 Å². The number of aliphatic hydroxyl groups excluding tert-OH is 1. The quantitative estimate of drug-likeness (QED) is 0.0785. The van der Waals surface area contributed by atoms with Crippen molar-refractivity contribution in [2.75, 3.05) is 6.54 Å². The van der Waals surface area contributed by atoms with Crippen molar-refractivity contribution in [2.45, 2.75) is 130 Å². The molecule has 0 spiro atoms. The molecule has 14 heteroatoms. The van der Waals surface area contributed by atoms with Crippen LogP contribution in [-0.2, 0) is 41.6 Å². The first kappa shape index (κ1) is 48.3. The van der Waals surface area contributed by atoms with Crippen LogP contribution in [0.25, 0.3) is 0 Å². The van der Waals surface area contributed by atoms with Crippen molar-refractivity contribution < 1.29 is 33.9 Å². The zero-order valence-electron chi connectivity index (χ0n) is 35.1. The van der Waals surface area contributed by atoms with Gasteiger partial charge in [-0.15, -0.1) is 0 Å². The van der Waals surface area contributed by atoms with Gasteiger partial charge in [0.05, 0.1) is 18.2 Å². The van der Waals surface area contributed by atoms with Crippen molar-refractivity contribution in [3.8, 4) is 0 Å². The van der Waals surface area contributed by atoms with Gasteiger partial charge in [0.25, 0.3) is 0 Å². The van der Waals surface area contributed by atoms with Gasteiger partial charge in [0.1, 0.15) is 24.2 Å². The van der Waals surface area contributed by atoms with Gasteiger partial charge in [0.2, 0.25) is 35.4 Å². The molecule has 1 unspecified atom stereocenters. The molecule has 2 aromatic rings. The molecule has 0 heterocycles. The number of aliphatic hydroxyl groups is 1. The molecule has 57 heavy (non-hydrogen) atoms. The van der Waals surface area contributed by atoms with E-state index in [4.69, 9.17) is 5.73 Å². The molecule has 316 valence electrons. The van der Waals surface area contributed by atoms with Crippen molar-refractivity contribution in [3.63, 3.8) is 0 Å². The van der Waals surface area contributed by atoms with Crippen LogP contribution in [0, 0.1) is 23.7 Å². The topological polar surface area (TPSA) is 221 Å². The van der Waals surface area contributed by atoms with Gasteiger partial charge in [-0.1, -0.05) is 122 Å². The molecule has 0 saturated heterocycles. The molecule has 0 aromatic heterocycles. The van der Waals surface area contributed by atoms with E-state index in [9.17, 15) is 33.9 Å². The molecule has 8 atom stereocenters. The van der Waals surface area contributed by atoms with Crippen LogP contribution in [0.4, 0.5) is 0 Å². The summed E-state index contributed by atoms with van der Waals surface area (Å²) in [7, 11) is 0. The summed E-state index contributed by atoms with van der Waals surface area (Å²) >= 11 is 0. The summed E-state index contributed by atoms with van der Waals surface area (Å²) in [6, 6.07) is 13.1. The van der Waals surface area contributed by atoms with E-state index in [2.05, 4.69) is 31.9 Å². The summed E-state index contributed by atoms with van der Waals surface area (Å²) in [5.74, 6) is -3.86. The summed E-state index contributed by atoms with van der Waals surface area (Å²) < 4.78 is 0. The Bertz CT molecular complexity index is 1590. The highest BCUT2D eigenvalue weighted by Gasteiger charge is 2.34. The maximum absolute atomic E-state index is 14.1. The minimum Gasteiger partial charge on any atom is -0.390 e. The van der Waals surface area contributed by atoms with E-state index in [1.807, 2.05) is 88.4 Å². The number of rotatable bonds is 24.